The number of nitrogens with one attached hydrogen (secondary N) is 1. The number of ether oxygens (including phenoxy) is 1. The minimum Gasteiger partial charge on any atom is -0.508 e. The summed E-state index contributed by atoms with van der Waals surface area (Å²) in [5.41, 5.74) is 0.925. The van der Waals surface area contributed by atoms with E-state index in [0.717, 1.165) is 5.69 Å². The summed E-state index contributed by atoms with van der Waals surface area (Å²) in [6.45, 7) is 7.00. The highest BCUT2D eigenvalue weighted by Gasteiger charge is 2.36. The van der Waals surface area contributed by atoms with Crippen LogP contribution in [0.4, 0.5) is 16.2 Å². The number of piperazine rings is 1. The second kappa shape index (κ2) is 5.89. The number of carbonyl (C=O) groups excluding carboxylic acids is 2. The number of carbonyl (C=O) groups is 2. The zero-order chi connectivity index (χ0) is 17.5. The molecule has 1 fully saturated rings. The first kappa shape index (κ1) is 16.4. The first-order chi connectivity index (χ1) is 11.2. The fraction of sp³-hybridized carbons (Fsp3) is 0.529. The highest BCUT2D eigenvalue weighted by atomic mass is 16.6. The van der Waals surface area contributed by atoms with Gasteiger partial charge in [-0.15, -0.1) is 0 Å². The smallest absolute Gasteiger partial charge is 0.410 e. The van der Waals surface area contributed by atoms with Crippen molar-refractivity contribution in [2.24, 2.45) is 0 Å². The van der Waals surface area contributed by atoms with E-state index in [0.29, 0.717) is 25.3 Å². The van der Waals surface area contributed by atoms with E-state index < -0.39 is 5.60 Å². The third kappa shape index (κ3) is 3.39. The van der Waals surface area contributed by atoms with Crippen molar-refractivity contribution in [3.05, 3.63) is 18.2 Å². The van der Waals surface area contributed by atoms with Crippen molar-refractivity contribution in [1.29, 1.82) is 0 Å². The van der Waals surface area contributed by atoms with Gasteiger partial charge in [-0.1, -0.05) is 0 Å². The lowest BCUT2D eigenvalue weighted by Crippen LogP contribution is -2.55. The number of amides is 2. The number of phenols is 1. The maximum absolute atomic E-state index is 12.3. The van der Waals surface area contributed by atoms with Gasteiger partial charge in [0.15, 0.2) is 0 Å². The van der Waals surface area contributed by atoms with Crippen LogP contribution in [-0.2, 0) is 9.53 Å². The molecule has 7 heteroatoms. The Labute approximate surface area is 141 Å². The average Bonchev–Trinajstić information content (AvgIpc) is 2.60. The maximum Gasteiger partial charge on any atom is 0.410 e. The molecule has 7 nitrogen and oxygen atoms in total. The number of hydrogen-bond donors (Lipinski definition) is 2. The molecule has 2 N–H and O–H groups in total. The van der Waals surface area contributed by atoms with Crippen molar-refractivity contribution in [2.45, 2.75) is 38.8 Å². The third-order valence-corrected chi connectivity index (χ3v) is 4.12. The number of phenolic OH excluding ortho intramolecular Hbond substituents is 1. The van der Waals surface area contributed by atoms with E-state index in [2.05, 4.69) is 10.2 Å². The van der Waals surface area contributed by atoms with Crippen molar-refractivity contribution in [2.75, 3.05) is 29.9 Å². The van der Waals surface area contributed by atoms with Crippen LogP contribution in [0.5, 0.6) is 5.75 Å². The minimum atomic E-state index is -0.548. The number of benzene rings is 1. The fourth-order valence-corrected chi connectivity index (χ4v) is 3.12. The Kier molecular flexibility index (Phi) is 4.03. The van der Waals surface area contributed by atoms with Crippen LogP contribution in [0.15, 0.2) is 18.2 Å². The Bertz CT molecular complexity index is 668. The van der Waals surface area contributed by atoms with Gasteiger partial charge in [-0.2, -0.15) is 0 Å². The summed E-state index contributed by atoms with van der Waals surface area (Å²) in [5.74, 6) is 0.0544. The van der Waals surface area contributed by atoms with Crippen molar-refractivity contribution in [3.63, 3.8) is 0 Å². The van der Waals surface area contributed by atoms with E-state index in [1.54, 1.807) is 23.1 Å². The predicted octanol–water partition coefficient (Wildman–Crippen LogP) is 2.16. The molecule has 0 saturated carbocycles. The Morgan fingerprint density at radius 1 is 1.33 bits per heavy atom. The Hall–Kier alpha value is -2.44. The van der Waals surface area contributed by atoms with Crippen molar-refractivity contribution < 1.29 is 19.4 Å². The molecule has 2 amide bonds. The third-order valence-electron chi connectivity index (χ3n) is 4.12. The van der Waals surface area contributed by atoms with Gasteiger partial charge < -0.3 is 25.0 Å². The van der Waals surface area contributed by atoms with E-state index >= 15 is 0 Å². The molecule has 2 heterocycles. The molecule has 1 aromatic rings. The summed E-state index contributed by atoms with van der Waals surface area (Å²) in [6, 6.07) is 4.76. The molecule has 0 spiro atoms. The van der Waals surface area contributed by atoms with E-state index in [9.17, 15) is 14.7 Å². The van der Waals surface area contributed by atoms with Crippen LogP contribution >= 0.6 is 0 Å². The highest BCUT2D eigenvalue weighted by Crippen LogP contribution is 2.35. The lowest BCUT2D eigenvalue weighted by molar-refractivity contribution is -0.116. The van der Waals surface area contributed by atoms with E-state index in [-0.39, 0.29) is 30.2 Å². The fourth-order valence-electron chi connectivity index (χ4n) is 3.12. The van der Waals surface area contributed by atoms with Crippen molar-refractivity contribution in [3.8, 4) is 5.75 Å². The van der Waals surface area contributed by atoms with Crippen LogP contribution in [0, 0.1) is 0 Å². The molecule has 1 atom stereocenters. The lowest BCUT2D eigenvalue weighted by atomic mass is 10.1. The number of fused-ring (bicyclic) bond motifs is 3. The molecular formula is C17H23N3O4. The molecule has 0 aliphatic carbocycles. The van der Waals surface area contributed by atoms with Gasteiger partial charge in [-0.25, -0.2) is 4.79 Å². The minimum absolute atomic E-state index is 0.0968. The topological polar surface area (TPSA) is 82.1 Å². The average molecular weight is 333 g/mol. The standard InChI is InChI=1S/C17H23N3O4/c1-17(2,3)24-16(23)19-6-7-20-11(10-19)8-15(22)18-13-5-4-12(21)9-14(13)20/h4-5,9,11,21H,6-8,10H2,1-3H3,(H,18,22). The van der Waals surface area contributed by atoms with Gasteiger partial charge in [-0.05, 0) is 32.9 Å². The molecule has 2 aliphatic rings. The number of aromatic hydroxyl groups is 1. The Balaban J connectivity index is 1.82. The molecule has 1 saturated heterocycles. The van der Waals surface area contributed by atoms with E-state index in [4.69, 9.17) is 4.74 Å². The predicted molar refractivity (Wildman–Crippen MR) is 90.3 cm³/mol. The quantitative estimate of drug-likeness (QED) is 0.711. The van der Waals surface area contributed by atoms with Gasteiger partial charge in [-0.3, -0.25) is 4.79 Å². The van der Waals surface area contributed by atoms with Gasteiger partial charge in [0.2, 0.25) is 5.91 Å². The second-order valence-electron chi connectivity index (χ2n) is 7.23. The molecule has 1 unspecified atom stereocenters. The molecule has 130 valence electrons. The monoisotopic (exact) mass is 333 g/mol. The number of rotatable bonds is 0. The van der Waals surface area contributed by atoms with Crippen LogP contribution in [-0.4, -0.2) is 53.3 Å². The molecule has 0 bridgehead atoms. The summed E-state index contributed by atoms with van der Waals surface area (Å²) >= 11 is 0. The molecule has 24 heavy (non-hydrogen) atoms. The van der Waals surface area contributed by atoms with Crippen LogP contribution < -0.4 is 10.2 Å². The normalized spacial score (nSPS) is 20.6. The molecule has 3 rings (SSSR count). The summed E-state index contributed by atoms with van der Waals surface area (Å²) in [7, 11) is 0. The summed E-state index contributed by atoms with van der Waals surface area (Å²) in [4.78, 5) is 28.2. The molecule has 2 aliphatic heterocycles. The van der Waals surface area contributed by atoms with Crippen molar-refractivity contribution in [1.82, 2.24) is 4.90 Å². The lowest BCUT2D eigenvalue weighted by Gasteiger charge is -2.42. The Morgan fingerprint density at radius 2 is 2.08 bits per heavy atom. The number of hydrogen-bond acceptors (Lipinski definition) is 5. The zero-order valence-corrected chi connectivity index (χ0v) is 14.2. The van der Waals surface area contributed by atoms with Gasteiger partial charge in [0.25, 0.3) is 0 Å². The van der Waals surface area contributed by atoms with Gasteiger partial charge >= 0.3 is 6.09 Å². The zero-order valence-electron chi connectivity index (χ0n) is 14.2. The van der Waals surface area contributed by atoms with Crippen LogP contribution in [0.1, 0.15) is 27.2 Å². The molecule has 0 aromatic heterocycles. The largest absolute Gasteiger partial charge is 0.508 e. The van der Waals surface area contributed by atoms with Crippen LogP contribution in [0.3, 0.4) is 0 Å². The SMILES string of the molecule is CC(C)(C)OC(=O)N1CCN2c3cc(O)ccc3NC(=O)CC2C1. The van der Waals surface area contributed by atoms with Crippen LogP contribution in [0.25, 0.3) is 0 Å². The van der Waals surface area contributed by atoms with Gasteiger partial charge in [0, 0.05) is 32.1 Å². The summed E-state index contributed by atoms with van der Waals surface area (Å²) < 4.78 is 5.43. The summed E-state index contributed by atoms with van der Waals surface area (Å²) in [5, 5.41) is 12.6. The molecule has 1 aromatic carbocycles. The van der Waals surface area contributed by atoms with Crippen molar-refractivity contribution >= 4 is 23.4 Å². The van der Waals surface area contributed by atoms with Gasteiger partial charge in [0.1, 0.15) is 11.4 Å². The second-order valence-corrected chi connectivity index (χ2v) is 7.23. The first-order valence-corrected chi connectivity index (χ1v) is 8.10. The first-order valence-electron chi connectivity index (χ1n) is 8.10. The highest BCUT2D eigenvalue weighted by molar-refractivity contribution is 5.97. The summed E-state index contributed by atoms with van der Waals surface area (Å²) in [6.07, 6.45) is -0.0719. The molecular weight excluding hydrogens is 310 g/mol. The Morgan fingerprint density at radius 3 is 2.79 bits per heavy atom. The van der Waals surface area contributed by atoms with E-state index in [1.807, 2.05) is 20.8 Å². The van der Waals surface area contributed by atoms with Gasteiger partial charge in [0.05, 0.1) is 17.4 Å². The number of nitrogens with zero attached hydrogens (tertiary/aromatic N) is 2. The number of anilines is 2. The van der Waals surface area contributed by atoms with Crippen LogP contribution in [0.2, 0.25) is 0 Å². The molecule has 0 radical (unpaired) electrons. The maximum atomic E-state index is 12.3. The van der Waals surface area contributed by atoms with E-state index in [1.165, 1.54) is 0 Å².